The summed E-state index contributed by atoms with van der Waals surface area (Å²) in [6, 6.07) is 14.1. The summed E-state index contributed by atoms with van der Waals surface area (Å²) in [6.07, 6.45) is -1.34. The van der Waals surface area contributed by atoms with Crippen LogP contribution in [0.15, 0.2) is 48.5 Å². The predicted octanol–water partition coefficient (Wildman–Crippen LogP) is 5.07. The Hall–Kier alpha value is -1.39. The summed E-state index contributed by atoms with van der Waals surface area (Å²) >= 11 is 12.2. The lowest BCUT2D eigenvalue weighted by molar-refractivity contribution is -0.143. The van der Waals surface area contributed by atoms with Crippen molar-refractivity contribution in [2.24, 2.45) is 0 Å². The van der Waals surface area contributed by atoms with Gasteiger partial charge in [0, 0.05) is 21.2 Å². The third kappa shape index (κ3) is 3.43. The first-order valence-electron chi connectivity index (χ1n) is 7.27. The minimum atomic E-state index is -0.872. The van der Waals surface area contributed by atoms with Crippen LogP contribution in [0.5, 0.6) is 0 Å². The summed E-state index contributed by atoms with van der Waals surface area (Å²) in [5.41, 5.74) is 1.27. The molecule has 0 aromatic heterocycles. The van der Waals surface area contributed by atoms with Crippen molar-refractivity contribution in [3.8, 4) is 0 Å². The fourth-order valence-corrected chi connectivity index (χ4v) is 3.20. The van der Waals surface area contributed by atoms with E-state index in [0.29, 0.717) is 21.2 Å². The lowest BCUT2D eigenvalue weighted by Gasteiger charge is -2.18. The van der Waals surface area contributed by atoms with E-state index in [1.165, 1.54) is 0 Å². The lowest BCUT2D eigenvalue weighted by atomic mass is 9.97. The molecule has 0 N–H and O–H groups in total. The van der Waals surface area contributed by atoms with E-state index in [4.69, 9.17) is 32.7 Å². The van der Waals surface area contributed by atoms with Crippen LogP contribution in [0.3, 0.4) is 0 Å². The predicted molar refractivity (Wildman–Crippen MR) is 90.0 cm³/mol. The number of Topliss-reactive ketones (excluding diaryl/α,β-unsaturated/α-hetero) is 1. The minimum absolute atomic E-state index is 0.132. The average molecular weight is 351 g/mol. The van der Waals surface area contributed by atoms with Crippen LogP contribution in [-0.2, 0) is 9.47 Å². The maximum atomic E-state index is 12.8. The molecule has 0 saturated carbocycles. The number of halogens is 2. The van der Waals surface area contributed by atoms with Gasteiger partial charge in [-0.1, -0.05) is 59.6 Å². The van der Waals surface area contributed by atoms with E-state index in [1.807, 2.05) is 18.2 Å². The second-order valence-electron chi connectivity index (χ2n) is 5.87. The zero-order valence-electron chi connectivity index (χ0n) is 12.8. The normalized spacial score (nSPS) is 23.0. The Morgan fingerprint density at radius 2 is 1.74 bits per heavy atom. The molecule has 2 atom stereocenters. The molecule has 1 fully saturated rings. The molecule has 120 valence electrons. The fraction of sp³-hybridized carbons (Fsp3) is 0.278. The molecule has 3 nitrogen and oxygen atoms in total. The Morgan fingerprint density at radius 3 is 2.39 bits per heavy atom. The molecule has 0 spiro atoms. The number of ether oxygens (including phenoxy) is 2. The summed E-state index contributed by atoms with van der Waals surface area (Å²) in [5, 5.41) is 0.984. The van der Waals surface area contributed by atoms with Gasteiger partial charge in [-0.3, -0.25) is 4.79 Å². The summed E-state index contributed by atoms with van der Waals surface area (Å²) in [4.78, 5) is 12.8. The van der Waals surface area contributed by atoms with E-state index in [-0.39, 0.29) is 5.78 Å². The Balaban J connectivity index is 1.98. The third-order valence-electron chi connectivity index (χ3n) is 3.68. The van der Waals surface area contributed by atoms with Gasteiger partial charge in [0.05, 0.1) is 0 Å². The summed E-state index contributed by atoms with van der Waals surface area (Å²) in [6.45, 7) is 3.56. The van der Waals surface area contributed by atoms with E-state index in [2.05, 4.69) is 0 Å². The smallest absolute Gasteiger partial charge is 0.194 e. The van der Waals surface area contributed by atoms with Crippen molar-refractivity contribution < 1.29 is 14.3 Å². The molecule has 2 aromatic rings. The maximum Gasteiger partial charge on any atom is 0.194 e. The molecule has 0 amide bonds. The molecule has 1 saturated heterocycles. The van der Waals surface area contributed by atoms with Gasteiger partial charge in [-0.2, -0.15) is 0 Å². The molecule has 23 heavy (non-hydrogen) atoms. The van der Waals surface area contributed by atoms with Crippen LogP contribution in [0, 0.1) is 0 Å². The van der Waals surface area contributed by atoms with Gasteiger partial charge in [0.2, 0.25) is 0 Å². The van der Waals surface area contributed by atoms with E-state index in [1.54, 1.807) is 44.2 Å². The number of carbonyl (C=O) groups excluding carboxylic acids is 1. The van der Waals surface area contributed by atoms with Crippen molar-refractivity contribution in [2.45, 2.75) is 31.8 Å². The van der Waals surface area contributed by atoms with Crippen molar-refractivity contribution in [1.29, 1.82) is 0 Å². The first kappa shape index (κ1) is 16.5. The summed E-state index contributed by atoms with van der Waals surface area (Å²) < 4.78 is 11.8. The molecule has 0 radical (unpaired) electrons. The molecule has 2 unspecified atom stereocenters. The lowest BCUT2D eigenvalue weighted by Crippen LogP contribution is -2.28. The zero-order valence-corrected chi connectivity index (χ0v) is 14.3. The SMILES string of the molecule is CC1(C)OC(C(=O)c2ccccc2)C(c2ccc(Cl)cc2Cl)O1. The van der Waals surface area contributed by atoms with E-state index in [0.717, 1.165) is 0 Å². The minimum Gasteiger partial charge on any atom is -0.339 e. The highest BCUT2D eigenvalue weighted by molar-refractivity contribution is 6.35. The zero-order chi connectivity index (χ0) is 16.6. The fourth-order valence-electron chi connectivity index (χ4n) is 2.68. The van der Waals surface area contributed by atoms with Crippen LogP contribution >= 0.6 is 23.2 Å². The van der Waals surface area contributed by atoms with Crippen LogP contribution < -0.4 is 0 Å². The van der Waals surface area contributed by atoms with E-state index < -0.39 is 18.0 Å². The summed E-state index contributed by atoms with van der Waals surface area (Å²) in [7, 11) is 0. The van der Waals surface area contributed by atoms with Gasteiger partial charge in [-0.05, 0) is 26.0 Å². The van der Waals surface area contributed by atoms with E-state index in [9.17, 15) is 4.79 Å². The van der Waals surface area contributed by atoms with Crippen LogP contribution in [0.25, 0.3) is 0 Å². The number of benzene rings is 2. The molecule has 1 heterocycles. The molecule has 1 aliphatic heterocycles. The van der Waals surface area contributed by atoms with Gasteiger partial charge in [0.15, 0.2) is 17.7 Å². The highest BCUT2D eigenvalue weighted by atomic mass is 35.5. The van der Waals surface area contributed by atoms with Crippen LogP contribution in [0.2, 0.25) is 10.0 Å². The quantitative estimate of drug-likeness (QED) is 0.725. The number of hydrogen-bond acceptors (Lipinski definition) is 3. The van der Waals surface area contributed by atoms with Crippen molar-refractivity contribution in [3.05, 3.63) is 69.7 Å². The molecular weight excluding hydrogens is 335 g/mol. The second kappa shape index (κ2) is 6.25. The standard InChI is InChI=1S/C18H16Cl2O3/c1-18(2)22-16(13-9-8-12(19)10-14(13)20)17(23-18)15(21)11-6-4-3-5-7-11/h3-10,16-17H,1-2H3. The number of rotatable bonds is 3. The van der Waals surface area contributed by atoms with Crippen molar-refractivity contribution in [2.75, 3.05) is 0 Å². The van der Waals surface area contributed by atoms with Crippen molar-refractivity contribution in [3.63, 3.8) is 0 Å². The van der Waals surface area contributed by atoms with Crippen molar-refractivity contribution >= 4 is 29.0 Å². The van der Waals surface area contributed by atoms with Crippen LogP contribution in [-0.4, -0.2) is 17.7 Å². The van der Waals surface area contributed by atoms with E-state index >= 15 is 0 Å². The van der Waals surface area contributed by atoms with Gasteiger partial charge in [0.25, 0.3) is 0 Å². The number of ketones is 1. The molecule has 1 aliphatic rings. The molecule has 0 bridgehead atoms. The van der Waals surface area contributed by atoms with Gasteiger partial charge < -0.3 is 9.47 Å². The highest BCUT2D eigenvalue weighted by Crippen LogP contribution is 2.42. The maximum absolute atomic E-state index is 12.8. The molecule has 3 rings (SSSR count). The number of hydrogen-bond donors (Lipinski definition) is 0. The highest BCUT2D eigenvalue weighted by Gasteiger charge is 2.46. The first-order chi connectivity index (χ1) is 10.9. The molecular formula is C18H16Cl2O3. The topological polar surface area (TPSA) is 35.5 Å². The monoisotopic (exact) mass is 350 g/mol. The van der Waals surface area contributed by atoms with Gasteiger partial charge in [0.1, 0.15) is 6.10 Å². The Labute approximate surface area is 145 Å². The Kier molecular flexibility index (Phi) is 4.47. The average Bonchev–Trinajstić information content (AvgIpc) is 2.83. The van der Waals surface area contributed by atoms with Gasteiger partial charge in [-0.15, -0.1) is 0 Å². The van der Waals surface area contributed by atoms with Crippen LogP contribution in [0.1, 0.15) is 35.9 Å². The molecule has 2 aromatic carbocycles. The van der Waals surface area contributed by atoms with Gasteiger partial charge in [-0.25, -0.2) is 0 Å². The van der Waals surface area contributed by atoms with Gasteiger partial charge >= 0.3 is 0 Å². The Bertz CT molecular complexity index is 728. The molecule has 5 heteroatoms. The first-order valence-corrected chi connectivity index (χ1v) is 8.03. The third-order valence-corrected chi connectivity index (χ3v) is 4.24. The summed E-state index contributed by atoms with van der Waals surface area (Å²) in [5.74, 6) is -1.00. The van der Waals surface area contributed by atoms with Crippen molar-refractivity contribution in [1.82, 2.24) is 0 Å². The van der Waals surface area contributed by atoms with Crippen LogP contribution in [0.4, 0.5) is 0 Å². The number of carbonyl (C=O) groups is 1. The second-order valence-corrected chi connectivity index (χ2v) is 6.72. The Morgan fingerprint density at radius 1 is 1.04 bits per heavy atom. The largest absolute Gasteiger partial charge is 0.339 e. The molecule has 0 aliphatic carbocycles.